The van der Waals surface area contributed by atoms with Gasteiger partial charge in [0.2, 0.25) is 0 Å². The second-order valence-corrected chi connectivity index (χ2v) is 5.96. The predicted molar refractivity (Wildman–Crippen MR) is 71.0 cm³/mol. The van der Waals surface area contributed by atoms with Crippen molar-refractivity contribution in [3.05, 3.63) is 29.8 Å². The van der Waals surface area contributed by atoms with Crippen molar-refractivity contribution in [1.82, 2.24) is 0 Å². The van der Waals surface area contributed by atoms with E-state index in [1.54, 1.807) is 0 Å². The van der Waals surface area contributed by atoms with Crippen LogP contribution in [0.3, 0.4) is 0 Å². The number of anilines is 1. The van der Waals surface area contributed by atoms with Gasteiger partial charge < -0.3 is 10.4 Å². The lowest BCUT2D eigenvalue weighted by atomic mass is 10.1. The summed E-state index contributed by atoms with van der Waals surface area (Å²) in [5.41, 5.74) is 2.07. The quantitative estimate of drug-likeness (QED) is 0.847. The molecular weight excluding hydrogens is 218 g/mol. The topological polar surface area (TPSA) is 32.3 Å². The highest BCUT2D eigenvalue weighted by Gasteiger charge is 2.22. The van der Waals surface area contributed by atoms with Crippen molar-refractivity contribution in [2.45, 2.75) is 37.7 Å². The average molecular weight is 237 g/mol. The summed E-state index contributed by atoms with van der Waals surface area (Å²) in [4.78, 5) is 0. The summed E-state index contributed by atoms with van der Waals surface area (Å²) in [6.45, 7) is 4.08. The van der Waals surface area contributed by atoms with E-state index in [2.05, 4.69) is 18.3 Å². The van der Waals surface area contributed by atoms with E-state index in [0.29, 0.717) is 6.04 Å². The lowest BCUT2D eigenvalue weighted by Gasteiger charge is -2.18. The number of aliphatic hydroxyl groups excluding tert-OH is 1. The molecule has 0 saturated carbocycles. The van der Waals surface area contributed by atoms with Gasteiger partial charge in [-0.15, -0.1) is 0 Å². The first-order valence-corrected chi connectivity index (χ1v) is 6.87. The molecule has 0 spiro atoms. The van der Waals surface area contributed by atoms with Crippen LogP contribution in [0.4, 0.5) is 5.69 Å². The molecule has 1 aromatic carbocycles. The van der Waals surface area contributed by atoms with Gasteiger partial charge >= 0.3 is 0 Å². The molecule has 0 aliphatic carbocycles. The molecule has 88 valence electrons. The van der Waals surface area contributed by atoms with E-state index in [-0.39, 0.29) is 0 Å². The van der Waals surface area contributed by atoms with Crippen molar-refractivity contribution in [1.29, 1.82) is 0 Å². The van der Waals surface area contributed by atoms with E-state index in [1.807, 2.05) is 36.9 Å². The molecule has 3 unspecified atom stereocenters. The van der Waals surface area contributed by atoms with Crippen LogP contribution in [0.5, 0.6) is 0 Å². The molecule has 1 aliphatic heterocycles. The van der Waals surface area contributed by atoms with Crippen LogP contribution in [-0.2, 0) is 0 Å². The monoisotopic (exact) mass is 237 g/mol. The molecule has 2 nitrogen and oxygen atoms in total. The van der Waals surface area contributed by atoms with Crippen molar-refractivity contribution in [2.24, 2.45) is 0 Å². The van der Waals surface area contributed by atoms with Gasteiger partial charge in [-0.25, -0.2) is 0 Å². The van der Waals surface area contributed by atoms with Crippen LogP contribution in [0.2, 0.25) is 0 Å². The molecule has 0 radical (unpaired) electrons. The molecule has 2 N–H and O–H groups in total. The molecule has 1 aliphatic rings. The van der Waals surface area contributed by atoms with E-state index in [1.165, 1.54) is 6.42 Å². The summed E-state index contributed by atoms with van der Waals surface area (Å²) in [7, 11) is 0. The molecule has 3 atom stereocenters. The van der Waals surface area contributed by atoms with Gasteiger partial charge in [-0.2, -0.15) is 11.8 Å². The summed E-state index contributed by atoms with van der Waals surface area (Å²) < 4.78 is 0. The van der Waals surface area contributed by atoms with Gasteiger partial charge in [0.25, 0.3) is 0 Å². The first-order chi connectivity index (χ1) is 7.66. The first kappa shape index (κ1) is 11.8. The number of hydrogen-bond donors (Lipinski definition) is 2. The first-order valence-electron chi connectivity index (χ1n) is 5.82. The van der Waals surface area contributed by atoms with Crippen LogP contribution in [0.1, 0.15) is 31.9 Å². The lowest BCUT2D eigenvalue weighted by molar-refractivity contribution is 0.200. The van der Waals surface area contributed by atoms with E-state index in [9.17, 15) is 5.11 Å². The van der Waals surface area contributed by atoms with Crippen LogP contribution in [0.25, 0.3) is 0 Å². The SMILES string of the molecule is CC1CC(Nc2ccccc2C(C)O)CS1. The number of hydrogen-bond acceptors (Lipinski definition) is 3. The van der Waals surface area contributed by atoms with Crippen molar-refractivity contribution in [3.8, 4) is 0 Å². The maximum Gasteiger partial charge on any atom is 0.0781 e. The Morgan fingerprint density at radius 3 is 2.81 bits per heavy atom. The minimum Gasteiger partial charge on any atom is -0.389 e. The van der Waals surface area contributed by atoms with Gasteiger partial charge in [-0.3, -0.25) is 0 Å². The van der Waals surface area contributed by atoms with Crippen LogP contribution >= 0.6 is 11.8 Å². The summed E-state index contributed by atoms with van der Waals surface area (Å²) in [6, 6.07) is 8.56. The maximum absolute atomic E-state index is 9.69. The van der Waals surface area contributed by atoms with E-state index in [4.69, 9.17) is 0 Å². The Morgan fingerprint density at radius 2 is 2.19 bits per heavy atom. The van der Waals surface area contributed by atoms with Crippen molar-refractivity contribution in [3.63, 3.8) is 0 Å². The van der Waals surface area contributed by atoms with E-state index < -0.39 is 6.10 Å². The number of nitrogens with one attached hydrogen (secondary N) is 1. The molecule has 16 heavy (non-hydrogen) atoms. The maximum atomic E-state index is 9.69. The molecule has 2 rings (SSSR count). The molecule has 1 heterocycles. The largest absolute Gasteiger partial charge is 0.389 e. The summed E-state index contributed by atoms with van der Waals surface area (Å²) in [6.07, 6.45) is 0.800. The second-order valence-electron chi connectivity index (χ2n) is 4.48. The highest BCUT2D eigenvalue weighted by atomic mass is 32.2. The molecule has 1 fully saturated rings. The summed E-state index contributed by atoms with van der Waals surface area (Å²) >= 11 is 2.01. The normalized spacial score (nSPS) is 26.7. The summed E-state index contributed by atoms with van der Waals surface area (Å²) in [5, 5.41) is 14.0. The molecule has 3 heteroatoms. The standard InChI is InChI=1S/C13H19NOS/c1-9-7-11(8-16-9)14-13-6-4-3-5-12(13)10(2)15/h3-6,9-11,14-15H,7-8H2,1-2H3. The molecular formula is C13H19NOS. The van der Waals surface area contributed by atoms with Crippen LogP contribution in [0.15, 0.2) is 24.3 Å². The second kappa shape index (κ2) is 5.11. The zero-order chi connectivity index (χ0) is 11.5. The summed E-state index contributed by atoms with van der Waals surface area (Å²) in [5.74, 6) is 1.16. The smallest absolute Gasteiger partial charge is 0.0781 e. The van der Waals surface area contributed by atoms with Gasteiger partial charge in [0, 0.05) is 28.3 Å². The van der Waals surface area contributed by atoms with E-state index in [0.717, 1.165) is 22.3 Å². The number of thioether (sulfide) groups is 1. The Kier molecular flexibility index (Phi) is 3.77. The van der Waals surface area contributed by atoms with Gasteiger partial charge in [-0.05, 0) is 19.4 Å². The molecule has 1 saturated heterocycles. The Balaban J connectivity index is 2.09. The third-order valence-electron chi connectivity index (χ3n) is 2.97. The Labute approximate surface area is 101 Å². The van der Waals surface area contributed by atoms with Gasteiger partial charge in [0.15, 0.2) is 0 Å². The van der Waals surface area contributed by atoms with Gasteiger partial charge in [0.05, 0.1) is 6.10 Å². The Hall–Kier alpha value is -0.670. The minimum absolute atomic E-state index is 0.407. The Morgan fingerprint density at radius 1 is 1.44 bits per heavy atom. The molecule has 1 aromatic rings. The minimum atomic E-state index is -0.407. The fraction of sp³-hybridized carbons (Fsp3) is 0.538. The van der Waals surface area contributed by atoms with Gasteiger partial charge in [0.1, 0.15) is 0 Å². The highest BCUT2D eigenvalue weighted by Crippen LogP contribution is 2.30. The lowest BCUT2D eigenvalue weighted by Crippen LogP contribution is -2.20. The predicted octanol–water partition coefficient (Wildman–Crippen LogP) is 3.05. The highest BCUT2D eigenvalue weighted by molar-refractivity contribution is 8.00. The molecule has 0 aromatic heterocycles. The number of aliphatic hydroxyl groups is 1. The number of benzene rings is 1. The van der Waals surface area contributed by atoms with Crippen LogP contribution in [-0.4, -0.2) is 22.2 Å². The fourth-order valence-corrected chi connectivity index (χ4v) is 3.28. The number of para-hydroxylation sites is 1. The van der Waals surface area contributed by atoms with Crippen LogP contribution < -0.4 is 5.32 Å². The zero-order valence-corrected chi connectivity index (χ0v) is 10.6. The number of rotatable bonds is 3. The fourth-order valence-electron chi connectivity index (χ4n) is 2.13. The van der Waals surface area contributed by atoms with E-state index >= 15 is 0 Å². The van der Waals surface area contributed by atoms with Crippen molar-refractivity contribution >= 4 is 17.4 Å². The average Bonchev–Trinajstić information content (AvgIpc) is 2.64. The van der Waals surface area contributed by atoms with Crippen molar-refractivity contribution < 1.29 is 5.11 Å². The third-order valence-corrected chi connectivity index (χ3v) is 4.33. The molecule has 0 amide bonds. The third kappa shape index (κ3) is 2.71. The van der Waals surface area contributed by atoms with Crippen LogP contribution in [0, 0.1) is 0 Å². The zero-order valence-electron chi connectivity index (χ0n) is 9.81. The molecule has 0 bridgehead atoms. The Bertz CT molecular complexity index is 354. The van der Waals surface area contributed by atoms with Gasteiger partial charge in [-0.1, -0.05) is 25.1 Å². The van der Waals surface area contributed by atoms with Crippen molar-refractivity contribution in [2.75, 3.05) is 11.1 Å².